The van der Waals surface area contributed by atoms with Crippen LogP contribution in [-0.2, 0) is 0 Å². The zero-order valence-corrected chi connectivity index (χ0v) is 16.9. The van der Waals surface area contributed by atoms with Crippen LogP contribution in [0.15, 0.2) is 60.8 Å². The van der Waals surface area contributed by atoms with Crippen LogP contribution in [0, 0.1) is 29.0 Å². The van der Waals surface area contributed by atoms with Crippen molar-refractivity contribution in [2.24, 2.45) is 11.8 Å². The number of carbonyl (C=O) groups excluding carboxylic acids is 1. The monoisotopic (exact) mass is 401 g/mol. The highest BCUT2D eigenvalue weighted by atomic mass is 19.1. The van der Waals surface area contributed by atoms with E-state index in [0.717, 1.165) is 29.3 Å². The number of carbonyl (C=O) groups is 1. The van der Waals surface area contributed by atoms with Crippen molar-refractivity contribution in [1.29, 1.82) is 5.26 Å². The van der Waals surface area contributed by atoms with Crippen molar-refractivity contribution < 1.29 is 9.18 Å². The molecule has 0 bridgehead atoms. The molecule has 4 atom stereocenters. The first-order valence-corrected chi connectivity index (χ1v) is 10.4. The Labute approximate surface area is 175 Å². The standard InChI is InChI=1S/C25H24FN3O/c1-16(29-25(30)17-5-3-2-4-6-17)21-9-7-18(13-19(21)15-27)22-11-12-28-24-10-8-20(26)14-23(22)24/h2-6,8,10-12,14,16,18-19,21H,7,9,13H2,1H3,(H,29,30)/t16-,18?,19?,21?/m1/s1. The van der Waals surface area contributed by atoms with Gasteiger partial charge in [0.1, 0.15) is 5.82 Å². The minimum Gasteiger partial charge on any atom is -0.349 e. The van der Waals surface area contributed by atoms with Gasteiger partial charge in [-0.15, -0.1) is 0 Å². The second kappa shape index (κ2) is 8.62. The van der Waals surface area contributed by atoms with Crippen LogP contribution in [0.2, 0.25) is 0 Å². The fourth-order valence-electron chi connectivity index (χ4n) is 4.71. The highest BCUT2D eigenvalue weighted by Gasteiger charge is 2.35. The molecule has 0 aliphatic heterocycles. The Balaban J connectivity index is 1.50. The van der Waals surface area contributed by atoms with E-state index in [1.165, 1.54) is 12.1 Å². The summed E-state index contributed by atoms with van der Waals surface area (Å²) in [6.45, 7) is 1.98. The first-order chi connectivity index (χ1) is 14.6. The van der Waals surface area contributed by atoms with Gasteiger partial charge >= 0.3 is 0 Å². The number of benzene rings is 2. The maximum absolute atomic E-state index is 13.8. The summed E-state index contributed by atoms with van der Waals surface area (Å²) in [6.07, 6.45) is 4.18. The largest absolute Gasteiger partial charge is 0.349 e. The number of hydrogen-bond donors (Lipinski definition) is 1. The molecule has 0 saturated heterocycles. The average Bonchev–Trinajstić information content (AvgIpc) is 2.78. The Bertz CT molecular complexity index is 1090. The molecule has 4 rings (SSSR count). The lowest BCUT2D eigenvalue weighted by Crippen LogP contribution is -2.42. The van der Waals surface area contributed by atoms with Gasteiger partial charge in [0.25, 0.3) is 5.91 Å². The van der Waals surface area contributed by atoms with E-state index in [2.05, 4.69) is 16.4 Å². The summed E-state index contributed by atoms with van der Waals surface area (Å²) in [7, 11) is 0. The summed E-state index contributed by atoms with van der Waals surface area (Å²) in [6, 6.07) is 18.1. The van der Waals surface area contributed by atoms with E-state index in [4.69, 9.17) is 0 Å². The zero-order valence-electron chi connectivity index (χ0n) is 16.9. The molecule has 152 valence electrons. The van der Waals surface area contributed by atoms with Gasteiger partial charge in [0.2, 0.25) is 0 Å². The van der Waals surface area contributed by atoms with E-state index in [-0.39, 0.29) is 35.5 Å². The Morgan fingerprint density at radius 1 is 1.20 bits per heavy atom. The lowest BCUT2D eigenvalue weighted by molar-refractivity contribution is 0.0907. The lowest BCUT2D eigenvalue weighted by atomic mass is 9.69. The number of amides is 1. The highest BCUT2D eigenvalue weighted by Crippen LogP contribution is 2.42. The quantitative estimate of drug-likeness (QED) is 0.652. The molecule has 0 spiro atoms. The molecule has 5 heteroatoms. The Morgan fingerprint density at radius 2 is 2.00 bits per heavy atom. The number of nitrogens with one attached hydrogen (secondary N) is 1. The molecule has 1 saturated carbocycles. The number of fused-ring (bicyclic) bond motifs is 1. The van der Waals surface area contributed by atoms with Crippen molar-refractivity contribution in [3.05, 3.63) is 77.7 Å². The number of hydrogen-bond acceptors (Lipinski definition) is 3. The summed E-state index contributed by atoms with van der Waals surface area (Å²) in [5, 5.41) is 13.7. The molecule has 1 aromatic heterocycles. The van der Waals surface area contributed by atoms with E-state index in [1.807, 2.05) is 31.2 Å². The van der Waals surface area contributed by atoms with Crippen molar-refractivity contribution in [2.45, 2.75) is 38.1 Å². The Hall–Kier alpha value is -3.26. The second-order valence-corrected chi connectivity index (χ2v) is 8.10. The van der Waals surface area contributed by atoms with E-state index in [0.29, 0.717) is 12.0 Å². The van der Waals surface area contributed by atoms with Crippen molar-refractivity contribution in [1.82, 2.24) is 10.3 Å². The first-order valence-electron chi connectivity index (χ1n) is 10.4. The first kappa shape index (κ1) is 20.0. The van der Waals surface area contributed by atoms with Gasteiger partial charge in [-0.1, -0.05) is 18.2 Å². The highest BCUT2D eigenvalue weighted by molar-refractivity contribution is 5.94. The van der Waals surface area contributed by atoms with Gasteiger partial charge in [0, 0.05) is 23.2 Å². The van der Waals surface area contributed by atoms with Gasteiger partial charge < -0.3 is 5.32 Å². The maximum Gasteiger partial charge on any atom is 0.251 e. The topological polar surface area (TPSA) is 65.8 Å². The minimum absolute atomic E-state index is 0.0868. The van der Waals surface area contributed by atoms with Gasteiger partial charge in [-0.05, 0) is 80.0 Å². The number of pyridine rings is 1. The lowest BCUT2D eigenvalue weighted by Gasteiger charge is -2.36. The summed E-state index contributed by atoms with van der Waals surface area (Å²) in [4.78, 5) is 16.9. The van der Waals surface area contributed by atoms with Gasteiger partial charge in [-0.3, -0.25) is 9.78 Å². The van der Waals surface area contributed by atoms with E-state index >= 15 is 0 Å². The van der Waals surface area contributed by atoms with Crippen LogP contribution < -0.4 is 5.32 Å². The Morgan fingerprint density at radius 3 is 2.77 bits per heavy atom. The number of nitrogens with zero attached hydrogens (tertiary/aromatic N) is 2. The molecule has 1 aliphatic carbocycles. The molecular weight excluding hydrogens is 377 g/mol. The normalized spacial score (nSPS) is 22.2. The van der Waals surface area contributed by atoms with Crippen molar-refractivity contribution >= 4 is 16.8 Å². The van der Waals surface area contributed by atoms with Crippen LogP contribution in [0.3, 0.4) is 0 Å². The third kappa shape index (κ3) is 4.04. The summed E-state index contributed by atoms with van der Waals surface area (Å²) < 4.78 is 13.8. The average molecular weight is 401 g/mol. The van der Waals surface area contributed by atoms with Crippen LogP contribution in [0.25, 0.3) is 10.9 Å². The summed E-state index contributed by atoms with van der Waals surface area (Å²) in [5.74, 6) is -0.303. The molecule has 30 heavy (non-hydrogen) atoms. The summed E-state index contributed by atoms with van der Waals surface area (Å²) in [5.41, 5.74) is 2.45. The van der Waals surface area contributed by atoms with E-state index in [9.17, 15) is 14.4 Å². The third-order valence-electron chi connectivity index (χ3n) is 6.28. The molecule has 1 N–H and O–H groups in total. The molecule has 1 heterocycles. The maximum atomic E-state index is 13.8. The Kier molecular flexibility index (Phi) is 5.76. The predicted octanol–water partition coefficient (Wildman–Crippen LogP) is 5.22. The number of nitriles is 1. The van der Waals surface area contributed by atoms with E-state index < -0.39 is 0 Å². The number of rotatable bonds is 4. The van der Waals surface area contributed by atoms with E-state index in [1.54, 1.807) is 24.4 Å². The zero-order chi connectivity index (χ0) is 21.1. The van der Waals surface area contributed by atoms with Crippen LogP contribution >= 0.6 is 0 Å². The van der Waals surface area contributed by atoms with Crippen molar-refractivity contribution in [2.75, 3.05) is 0 Å². The van der Waals surface area contributed by atoms with Gasteiger partial charge in [-0.25, -0.2) is 4.39 Å². The van der Waals surface area contributed by atoms with Gasteiger partial charge in [-0.2, -0.15) is 5.26 Å². The fraction of sp³-hybridized carbons (Fsp3) is 0.320. The number of halogens is 1. The molecule has 4 nitrogen and oxygen atoms in total. The van der Waals surface area contributed by atoms with Crippen LogP contribution in [0.5, 0.6) is 0 Å². The predicted molar refractivity (Wildman–Crippen MR) is 114 cm³/mol. The van der Waals surface area contributed by atoms with Crippen molar-refractivity contribution in [3.8, 4) is 6.07 Å². The SMILES string of the molecule is C[C@@H](NC(=O)c1ccccc1)C1CCC(c2ccnc3ccc(F)cc23)CC1C#N. The van der Waals surface area contributed by atoms with Crippen LogP contribution in [-0.4, -0.2) is 16.9 Å². The molecule has 1 aliphatic rings. The molecule has 3 unspecified atom stereocenters. The molecular formula is C25H24FN3O. The minimum atomic E-state index is -0.278. The molecule has 0 radical (unpaired) electrons. The van der Waals surface area contributed by atoms with Gasteiger partial charge in [0.05, 0.1) is 17.5 Å². The fourth-order valence-corrected chi connectivity index (χ4v) is 4.71. The second-order valence-electron chi connectivity index (χ2n) is 8.10. The molecule has 2 aromatic carbocycles. The smallest absolute Gasteiger partial charge is 0.251 e. The molecule has 1 amide bonds. The van der Waals surface area contributed by atoms with Crippen LogP contribution in [0.4, 0.5) is 4.39 Å². The van der Waals surface area contributed by atoms with Gasteiger partial charge in [0.15, 0.2) is 0 Å². The number of aromatic nitrogens is 1. The molecule has 1 fully saturated rings. The van der Waals surface area contributed by atoms with Crippen LogP contribution in [0.1, 0.15) is 48.0 Å². The molecule has 3 aromatic rings. The van der Waals surface area contributed by atoms with Crippen molar-refractivity contribution in [3.63, 3.8) is 0 Å². The summed E-state index contributed by atoms with van der Waals surface area (Å²) >= 11 is 0. The third-order valence-corrected chi connectivity index (χ3v) is 6.28.